The standard InChI is InChI=1S/C7H12NSSi/c1-6(4-7(2)9)8(3)5-10/h4H,5H2,1-3H3/b6-4-. The first-order valence-electron chi connectivity index (χ1n) is 3.12. The highest BCUT2D eigenvalue weighted by Crippen LogP contribution is 1.98. The monoisotopic (exact) mass is 170 g/mol. The molecule has 0 atom stereocenters. The molecule has 0 aromatic rings. The van der Waals surface area contributed by atoms with Gasteiger partial charge in [-0.15, -0.1) is 0 Å². The summed E-state index contributed by atoms with van der Waals surface area (Å²) < 4.78 is 0. The predicted molar refractivity (Wildman–Crippen MR) is 50.4 cm³/mol. The number of hydrogen-bond donors (Lipinski definition) is 0. The van der Waals surface area contributed by atoms with E-state index >= 15 is 0 Å². The Hall–Kier alpha value is -0.153. The smallest absolute Gasteiger partial charge is 0.0513 e. The molecule has 10 heavy (non-hydrogen) atoms. The van der Waals surface area contributed by atoms with Crippen molar-refractivity contribution in [3.05, 3.63) is 11.8 Å². The highest BCUT2D eigenvalue weighted by molar-refractivity contribution is 7.80. The van der Waals surface area contributed by atoms with Crippen molar-refractivity contribution >= 4 is 27.3 Å². The minimum Gasteiger partial charge on any atom is -0.382 e. The molecule has 0 unspecified atom stereocenters. The first-order chi connectivity index (χ1) is 4.57. The minimum absolute atomic E-state index is 0.838. The molecule has 55 valence electrons. The zero-order valence-electron chi connectivity index (χ0n) is 6.64. The maximum atomic E-state index is 4.92. The molecule has 0 aromatic heterocycles. The third-order valence-corrected chi connectivity index (χ3v) is 1.84. The Bertz CT molecular complexity index is 154. The van der Waals surface area contributed by atoms with E-state index in [9.17, 15) is 0 Å². The van der Waals surface area contributed by atoms with Gasteiger partial charge in [0.15, 0.2) is 0 Å². The Morgan fingerprint density at radius 2 is 2.10 bits per heavy atom. The number of nitrogens with zero attached hydrogens (tertiary/aromatic N) is 1. The van der Waals surface area contributed by atoms with Crippen LogP contribution in [0.2, 0.25) is 0 Å². The van der Waals surface area contributed by atoms with E-state index in [0.29, 0.717) is 0 Å². The van der Waals surface area contributed by atoms with Gasteiger partial charge < -0.3 is 4.90 Å². The topological polar surface area (TPSA) is 3.24 Å². The summed E-state index contributed by atoms with van der Waals surface area (Å²) in [6, 6.07) is 0. The molecule has 0 aliphatic rings. The van der Waals surface area contributed by atoms with Crippen molar-refractivity contribution < 1.29 is 0 Å². The summed E-state index contributed by atoms with van der Waals surface area (Å²) in [5, 5.41) is 0. The fraction of sp³-hybridized carbons (Fsp3) is 0.571. The largest absolute Gasteiger partial charge is 0.382 e. The van der Waals surface area contributed by atoms with Gasteiger partial charge in [0.2, 0.25) is 0 Å². The molecule has 0 aliphatic carbocycles. The molecular formula is C7H12NSSi. The summed E-state index contributed by atoms with van der Waals surface area (Å²) in [7, 11) is 5.40. The van der Waals surface area contributed by atoms with Crippen LogP contribution in [0.15, 0.2) is 11.8 Å². The zero-order valence-corrected chi connectivity index (χ0v) is 8.46. The third kappa shape index (κ3) is 3.79. The maximum absolute atomic E-state index is 4.92. The SMILES string of the molecule is CC(=S)/C=C(/C)N(C)C[Si]. The molecule has 0 amide bonds. The van der Waals surface area contributed by atoms with E-state index in [4.69, 9.17) is 12.2 Å². The van der Waals surface area contributed by atoms with Crippen molar-refractivity contribution in [3.8, 4) is 0 Å². The molecule has 0 N–H and O–H groups in total. The molecule has 0 heterocycles. The summed E-state index contributed by atoms with van der Waals surface area (Å²) in [4.78, 5) is 3.00. The van der Waals surface area contributed by atoms with Crippen LogP contribution in [0.5, 0.6) is 0 Å². The zero-order chi connectivity index (χ0) is 8.15. The second-order valence-corrected chi connectivity index (χ2v) is 3.21. The van der Waals surface area contributed by atoms with Crippen LogP contribution in [-0.2, 0) is 0 Å². The van der Waals surface area contributed by atoms with Gasteiger partial charge in [-0.2, -0.15) is 0 Å². The molecule has 0 saturated carbocycles. The third-order valence-electron chi connectivity index (χ3n) is 1.25. The van der Waals surface area contributed by atoms with Crippen molar-refractivity contribution in [1.29, 1.82) is 0 Å². The van der Waals surface area contributed by atoms with Gasteiger partial charge in [-0.25, -0.2) is 0 Å². The second-order valence-electron chi connectivity index (χ2n) is 2.25. The fourth-order valence-electron chi connectivity index (χ4n) is 0.529. The van der Waals surface area contributed by atoms with Gasteiger partial charge in [-0.3, -0.25) is 0 Å². The number of hydrogen-bond acceptors (Lipinski definition) is 2. The Labute approximate surface area is 71.5 Å². The van der Waals surface area contributed by atoms with Gasteiger partial charge in [0.1, 0.15) is 0 Å². The van der Waals surface area contributed by atoms with E-state index in [1.807, 2.05) is 27.0 Å². The Morgan fingerprint density at radius 3 is 2.40 bits per heavy atom. The average molecular weight is 170 g/mol. The van der Waals surface area contributed by atoms with E-state index in [1.54, 1.807) is 0 Å². The minimum atomic E-state index is 0.838. The Balaban J connectivity index is 4.04. The lowest BCUT2D eigenvalue weighted by Gasteiger charge is -2.16. The molecule has 3 radical (unpaired) electrons. The average Bonchev–Trinajstić information content (AvgIpc) is 1.85. The van der Waals surface area contributed by atoms with Gasteiger partial charge in [-0.05, 0) is 19.9 Å². The van der Waals surface area contributed by atoms with Crippen LogP contribution in [0, 0.1) is 0 Å². The molecule has 0 fully saturated rings. The lowest BCUT2D eigenvalue weighted by atomic mass is 10.3. The molecule has 0 spiro atoms. The second kappa shape index (κ2) is 4.63. The molecule has 0 rings (SSSR count). The first-order valence-corrected chi connectivity index (χ1v) is 4.24. The summed E-state index contributed by atoms with van der Waals surface area (Å²) in [6.07, 6.45) is 2.82. The van der Waals surface area contributed by atoms with Crippen LogP contribution < -0.4 is 0 Å². The van der Waals surface area contributed by atoms with Gasteiger partial charge in [0, 0.05) is 23.8 Å². The number of allylic oxidation sites excluding steroid dienone is 2. The summed E-state index contributed by atoms with van der Waals surface area (Å²) in [6.45, 7) is 3.95. The van der Waals surface area contributed by atoms with Crippen molar-refractivity contribution in [2.75, 3.05) is 13.2 Å². The predicted octanol–water partition coefficient (Wildman–Crippen LogP) is 1.34. The van der Waals surface area contributed by atoms with Gasteiger partial charge in [0.05, 0.1) is 10.2 Å². The molecule has 1 nitrogen and oxygen atoms in total. The molecule has 0 bridgehead atoms. The van der Waals surface area contributed by atoms with E-state index in [-0.39, 0.29) is 0 Å². The van der Waals surface area contributed by atoms with Crippen LogP contribution in [-0.4, -0.2) is 33.2 Å². The van der Waals surface area contributed by atoms with Gasteiger partial charge >= 0.3 is 0 Å². The normalized spacial score (nSPS) is 11.4. The van der Waals surface area contributed by atoms with Gasteiger partial charge in [0.25, 0.3) is 0 Å². The lowest BCUT2D eigenvalue weighted by molar-refractivity contribution is 0.490. The van der Waals surface area contributed by atoms with Crippen molar-refractivity contribution in [3.63, 3.8) is 0 Å². The van der Waals surface area contributed by atoms with Crippen LogP contribution in [0.3, 0.4) is 0 Å². The Kier molecular flexibility index (Phi) is 4.56. The highest BCUT2D eigenvalue weighted by atomic mass is 32.1. The van der Waals surface area contributed by atoms with Crippen LogP contribution in [0.4, 0.5) is 0 Å². The van der Waals surface area contributed by atoms with Crippen LogP contribution >= 0.6 is 12.2 Å². The van der Waals surface area contributed by atoms with Crippen molar-refractivity contribution in [2.45, 2.75) is 13.8 Å². The fourth-order valence-corrected chi connectivity index (χ4v) is 0.949. The highest BCUT2D eigenvalue weighted by Gasteiger charge is 1.93. The van der Waals surface area contributed by atoms with E-state index in [1.165, 1.54) is 5.70 Å². The van der Waals surface area contributed by atoms with Crippen LogP contribution in [0.1, 0.15) is 13.8 Å². The van der Waals surface area contributed by atoms with Crippen molar-refractivity contribution in [1.82, 2.24) is 4.90 Å². The number of thiocarbonyl (C=S) groups is 1. The molecular weight excluding hydrogens is 158 g/mol. The quantitative estimate of drug-likeness (QED) is 0.357. The van der Waals surface area contributed by atoms with E-state index in [0.717, 1.165) is 11.0 Å². The maximum Gasteiger partial charge on any atom is 0.0513 e. The summed E-state index contributed by atoms with van der Waals surface area (Å²) >= 11 is 4.92. The molecule has 0 saturated heterocycles. The van der Waals surface area contributed by atoms with Gasteiger partial charge in [-0.1, -0.05) is 12.2 Å². The Morgan fingerprint density at radius 1 is 1.60 bits per heavy atom. The summed E-state index contributed by atoms with van der Waals surface area (Å²) in [5.41, 5.74) is 1.18. The van der Waals surface area contributed by atoms with Crippen LogP contribution in [0.25, 0.3) is 0 Å². The van der Waals surface area contributed by atoms with Crippen molar-refractivity contribution in [2.24, 2.45) is 0 Å². The first kappa shape index (κ1) is 9.85. The van der Waals surface area contributed by atoms with E-state index in [2.05, 4.69) is 15.1 Å². The number of rotatable bonds is 3. The molecule has 0 aromatic carbocycles. The summed E-state index contributed by atoms with van der Waals surface area (Å²) in [5.74, 6) is 0. The van der Waals surface area contributed by atoms with E-state index < -0.39 is 0 Å². The lowest BCUT2D eigenvalue weighted by Crippen LogP contribution is -2.17. The molecule has 3 heteroatoms. The molecule has 0 aliphatic heterocycles.